The smallest absolute Gasteiger partial charge is 0.196 e. The Hall–Kier alpha value is -2.50. The number of anilines is 1. The summed E-state index contributed by atoms with van der Waals surface area (Å²) in [6.45, 7) is 1.97. The Kier molecular flexibility index (Phi) is 3.98. The first-order chi connectivity index (χ1) is 11.0. The number of hydrazine groups is 1. The number of hydrogen-bond acceptors (Lipinski definition) is 5. The van der Waals surface area contributed by atoms with Gasteiger partial charge in [-0.15, -0.1) is 0 Å². The van der Waals surface area contributed by atoms with Gasteiger partial charge < -0.3 is 10.7 Å². The molecule has 0 saturated heterocycles. The number of carbonyl (C=O) groups is 2. The molecule has 0 amide bonds. The summed E-state index contributed by atoms with van der Waals surface area (Å²) in [6.07, 6.45) is 0.521. The van der Waals surface area contributed by atoms with E-state index in [1.54, 1.807) is 48.5 Å². The second-order valence-corrected chi connectivity index (χ2v) is 5.61. The lowest BCUT2D eigenvalue weighted by molar-refractivity contribution is 0.0979. The molecule has 1 aliphatic rings. The predicted octanol–water partition coefficient (Wildman–Crippen LogP) is 2.10. The van der Waals surface area contributed by atoms with Crippen molar-refractivity contribution in [1.29, 1.82) is 0 Å². The molecule has 3 rings (SSSR count). The molecule has 0 aromatic heterocycles. The van der Waals surface area contributed by atoms with Gasteiger partial charge in [0.2, 0.25) is 0 Å². The van der Waals surface area contributed by atoms with Crippen LogP contribution in [0, 0.1) is 0 Å². The van der Waals surface area contributed by atoms with Crippen LogP contribution in [-0.2, 0) is 0 Å². The van der Waals surface area contributed by atoms with E-state index in [0.717, 1.165) is 6.42 Å². The number of nitrogens with zero attached hydrogens (tertiary/aromatic N) is 1. The summed E-state index contributed by atoms with van der Waals surface area (Å²) >= 11 is 0. The highest BCUT2D eigenvalue weighted by Gasteiger charge is 2.32. The maximum atomic E-state index is 12.9. The molecule has 2 aromatic rings. The van der Waals surface area contributed by atoms with Crippen LogP contribution in [0.4, 0.5) is 5.69 Å². The predicted molar refractivity (Wildman–Crippen MR) is 89.6 cm³/mol. The van der Waals surface area contributed by atoms with Crippen molar-refractivity contribution < 1.29 is 9.59 Å². The monoisotopic (exact) mass is 309 g/mol. The molecular weight excluding hydrogens is 290 g/mol. The van der Waals surface area contributed by atoms with Crippen molar-refractivity contribution in [2.24, 2.45) is 5.73 Å². The first-order valence-electron chi connectivity index (χ1n) is 7.61. The minimum absolute atomic E-state index is 0.120. The Balaban J connectivity index is 2.11. The quantitative estimate of drug-likeness (QED) is 0.570. The largest absolute Gasteiger partial charge is 0.315 e. The summed E-state index contributed by atoms with van der Waals surface area (Å²) in [5.41, 5.74) is 11.4. The fourth-order valence-electron chi connectivity index (χ4n) is 2.82. The minimum atomic E-state index is -0.225. The molecule has 23 heavy (non-hydrogen) atoms. The number of fused-ring (bicyclic) bond motifs is 2. The van der Waals surface area contributed by atoms with E-state index in [9.17, 15) is 9.59 Å². The van der Waals surface area contributed by atoms with E-state index in [1.807, 2.05) is 13.0 Å². The second kappa shape index (κ2) is 5.95. The van der Waals surface area contributed by atoms with E-state index in [4.69, 9.17) is 5.73 Å². The van der Waals surface area contributed by atoms with Crippen molar-refractivity contribution in [2.45, 2.75) is 19.5 Å². The zero-order valence-corrected chi connectivity index (χ0v) is 13.2. The molecule has 1 unspecified atom stereocenters. The van der Waals surface area contributed by atoms with Crippen LogP contribution in [-0.4, -0.2) is 24.8 Å². The maximum Gasteiger partial charge on any atom is 0.196 e. The molecule has 0 bridgehead atoms. The fourth-order valence-corrected chi connectivity index (χ4v) is 2.82. The van der Waals surface area contributed by atoms with Crippen molar-refractivity contribution in [2.75, 3.05) is 12.1 Å². The molecule has 1 aliphatic carbocycles. The van der Waals surface area contributed by atoms with Gasteiger partial charge in [0.1, 0.15) is 0 Å². The van der Waals surface area contributed by atoms with Crippen LogP contribution < -0.4 is 16.2 Å². The first kappa shape index (κ1) is 15.4. The molecular formula is C18H19N3O2. The summed E-state index contributed by atoms with van der Waals surface area (Å²) in [6, 6.07) is 12.2. The third kappa shape index (κ3) is 2.54. The van der Waals surface area contributed by atoms with Crippen molar-refractivity contribution in [3.63, 3.8) is 0 Å². The van der Waals surface area contributed by atoms with Crippen molar-refractivity contribution in [3.8, 4) is 0 Å². The number of hydrogen-bond donors (Lipinski definition) is 2. The summed E-state index contributed by atoms with van der Waals surface area (Å²) < 4.78 is 0. The Labute approximate surface area is 135 Å². The fraction of sp³-hybridized carbons (Fsp3) is 0.222. The normalized spacial score (nSPS) is 14.2. The Morgan fingerprint density at radius 2 is 1.61 bits per heavy atom. The number of benzene rings is 2. The minimum Gasteiger partial charge on any atom is -0.315 e. The zero-order valence-electron chi connectivity index (χ0n) is 13.2. The lowest BCUT2D eigenvalue weighted by Gasteiger charge is -2.28. The Bertz CT molecular complexity index is 786. The van der Waals surface area contributed by atoms with Crippen LogP contribution in [0.3, 0.4) is 0 Å². The highest BCUT2D eigenvalue weighted by molar-refractivity contribution is 6.30. The molecule has 0 spiro atoms. The number of rotatable bonds is 4. The van der Waals surface area contributed by atoms with E-state index < -0.39 is 0 Å². The third-order valence-corrected chi connectivity index (χ3v) is 4.09. The number of carbonyl (C=O) groups excluding carboxylic acids is 2. The molecule has 0 fully saturated rings. The molecule has 0 saturated carbocycles. The van der Waals surface area contributed by atoms with Crippen LogP contribution in [0.25, 0.3) is 0 Å². The van der Waals surface area contributed by atoms with Gasteiger partial charge in [0.25, 0.3) is 0 Å². The van der Waals surface area contributed by atoms with Crippen molar-refractivity contribution >= 4 is 17.3 Å². The van der Waals surface area contributed by atoms with Gasteiger partial charge in [0, 0.05) is 23.7 Å². The molecule has 118 valence electrons. The van der Waals surface area contributed by atoms with Gasteiger partial charge >= 0.3 is 0 Å². The maximum absolute atomic E-state index is 12.9. The summed E-state index contributed by atoms with van der Waals surface area (Å²) in [5, 5.41) is 1.71. The van der Waals surface area contributed by atoms with Crippen molar-refractivity contribution in [1.82, 2.24) is 5.43 Å². The average molecular weight is 309 g/mol. The van der Waals surface area contributed by atoms with Gasteiger partial charge in [0.05, 0.1) is 17.4 Å². The highest BCUT2D eigenvalue weighted by Crippen LogP contribution is 2.32. The third-order valence-electron chi connectivity index (χ3n) is 4.09. The number of nitrogens with one attached hydrogen (secondary N) is 1. The molecule has 5 heteroatoms. The van der Waals surface area contributed by atoms with Gasteiger partial charge in [-0.1, -0.05) is 43.3 Å². The standard InChI is InChI=1S/C18H19N3O2/c1-3-15(19)20-21(2)14-10-6-9-13-16(14)18(23)12-8-5-4-7-11(12)17(13)22/h4-10,15,20H,3,19H2,1-2H3. The lowest BCUT2D eigenvalue weighted by Crippen LogP contribution is -2.47. The number of nitrogens with two attached hydrogens (primary N) is 1. The molecule has 3 N–H and O–H groups in total. The number of ketones is 2. The molecule has 5 nitrogen and oxygen atoms in total. The van der Waals surface area contributed by atoms with Crippen molar-refractivity contribution in [3.05, 3.63) is 64.7 Å². The molecule has 0 aliphatic heterocycles. The van der Waals surface area contributed by atoms with Gasteiger partial charge in [-0.05, 0) is 12.5 Å². The topological polar surface area (TPSA) is 75.4 Å². The lowest BCUT2D eigenvalue weighted by atomic mass is 9.83. The van der Waals surface area contributed by atoms with E-state index in [-0.39, 0.29) is 17.7 Å². The van der Waals surface area contributed by atoms with Gasteiger partial charge in [-0.3, -0.25) is 9.59 Å². The zero-order chi connectivity index (χ0) is 16.6. The highest BCUT2D eigenvalue weighted by atomic mass is 16.1. The molecule has 1 atom stereocenters. The van der Waals surface area contributed by atoms with Crippen LogP contribution >= 0.6 is 0 Å². The SMILES string of the molecule is CCC(N)NN(C)c1cccc2c1C(=O)c1ccccc1C2=O. The van der Waals surface area contributed by atoms with E-state index >= 15 is 0 Å². The molecule has 0 heterocycles. The second-order valence-electron chi connectivity index (χ2n) is 5.61. The molecule has 2 aromatic carbocycles. The van der Waals surface area contributed by atoms with Crippen LogP contribution in [0.15, 0.2) is 42.5 Å². The van der Waals surface area contributed by atoms with Crippen LogP contribution in [0.5, 0.6) is 0 Å². The van der Waals surface area contributed by atoms with Crippen LogP contribution in [0.2, 0.25) is 0 Å². The van der Waals surface area contributed by atoms with E-state index in [1.165, 1.54) is 0 Å². The van der Waals surface area contributed by atoms with E-state index in [0.29, 0.717) is 27.9 Å². The van der Waals surface area contributed by atoms with Gasteiger partial charge in [0.15, 0.2) is 11.6 Å². The summed E-state index contributed by atoms with van der Waals surface area (Å²) in [7, 11) is 1.80. The summed E-state index contributed by atoms with van der Waals surface area (Å²) in [4.78, 5) is 25.6. The Morgan fingerprint density at radius 1 is 1.00 bits per heavy atom. The van der Waals surface area contributed by atoms with Gasteiger partial charge in [-0.2, -0.15) is 0 Å². The van der Waals surface area contributed by atoms with E-state index in [2.05, 4.69) is 5.43 Å². The Morgan fingerprint density at radius 3 is 2.26 bits per heavy atom. The summed E-state index contributed by atoms with van der Waals surface area (Å²) in [5.74, 6) is -0.255. The molecule has 0 radical (unpaired) electrons. The van der Waals surface area contributed by atoms with Crippen LogP contribution in [0.1, 0.15) is 45.2 Å². The first-order valence-corrected chi connectivity index (χ1v) is 7.61. The average Bonchev–Trinajstić information content (AvgIpc) is 2.58. The van der Waals surface area contributed by atoms with Gasteiger partial charge in [-0.25, -0.2) is 5.43 Å².